The monoisotopic (exact) mass is 509 g/mol. The van der Waals surface area contributed by atoms with E-state index in [4.69, 9.17) is 16.7 Å². The van der Waals surface area contributed by atoms with E-state index in [1.54, 1.807) is 42.6 Å². The molecule has 4 rings (SSSR count). The number of rotatable bonds is 10. The predicted octanol–water partition coefficient (Wildman–Crippen LogP) is 3.32. The number of carboxylic acids is 1. The van der Waals surface area contributed by atoms with Crippen molar-refractivity contribution in [1.82, 2.24) is 30.5 Å². The maximum Gasteiger partial charge on any atom is 0.335 e. The Hall–Kier alpha value is -4.09. The number of hydrogen-bond donors (Lipinski definition) is 3. The molecule has 0 aliphatic rings. The number of tetrazole rings is 1. The van der Waals surface area contributed by atoms with Crippen LogP contribution >= 0.6 is 22.9 Å². The van der Waals surface area contributed by atoms with Crippen LogP contribution in [-0.2, 0) is 11.2 Å². The number of halogens is 1. The second-order valence-electron chi connectivity index (χ2n) is 7.39. The van der Waals surface area contributed by atoms with Gasteiger partial charge in [-0.15, -0.1) is 16.4 Å². The summed E-state index contributed by atoms with van der Waals surface area (Å²) in [5.41, 5.74) is 2.30. The van der Waals surface area contributed by atoms with E-state index in [2.05, 4.69) is 31.1 Å². The van der Waals surface area contributed by atoms with Crippen LogP contribution < -0.4 is 10.6 Å². The number of benzene rings is 2. The van der Waals surface area contributed by atoms with Crippen molar-refractivity contribution in [1.29, 1.82) is 0 Å². The fraction of sp³-hybridized carbons (Fsp3) is 0.130. The molecular weight excluding hydrogens is 490 g/mol. The molecule has 0 aliphatic heterocycles. The van der Waals surface area contributed by atoms with Crippen molar-refractivity contribution in [3.05, 3.63) is 87.6 Å². The Bertz CT molecular complexity index is 1310. The number of nitrogens with one attached hydrogen (secondary N) is 2. The molecule has 0 fully saturated rings. The maximum atomic E-state index is 12.8. The van der Waals surface area contributed by atoms with Crippen LogP contribution in [0.15, 0.2) is 66.4 Å². The first-order valence-corrected chi connectivity index (χ1v) is 11.7. The van der Waals surface area contributed by atoms with Crippen LogP contribution in [0.25, 0.3) is 11.8 Å². The van der Waals surface area contributed by atoms with Crippen LogP contribution in [0, 0.1) is 0 Å². The highest BCUT2D eigenvalue weighted by molar-refractivity contribution is 7.09. The summed E-state index contributed by atoms with van der Waals surface area (Å²) < 4.78 is 1.48. The van der Waals surface area contributed by atoms with Crippen LogP contribution in [0.3, 0.4) is 0 Å². The lowest BCUT2D eigenvalue weighted by molar-refractivity contribution is -0.117. The van der Waals surface area contributed by atoms with E-state index in [-0.39, 0.29) is 17.5 Å². The summed E-state index contributed by atoms with van der Waals surface area (Å²) in [5, 5.41) is 29.8. The summed E-state index contributed by atoms with van der Waals surface area (Å²) in [5.74, 6) is -1.28. The summed E-state index contributed by atoms with van der Waals surface area (Å²) in [4.78, 5) is 28.1. The summed E-state index contributed by atoms with van der Waals surface area (Å²) in [6, 6.07) is 11.4. The van der Waals surface area contributed by atoms with Gasteiger partial charge in [0.1, 0.15) is 6.33 Å². The van der Waals surface area contributed by atoms with Gasteiger partial charge in [0.2, 0.25) is 5.91 Å². The highest BCUT2D eigenvalue weighted by Gasteiger charge is 2.14. The first kappa shape index (κ1) is 24.0. The molecule has 1 atom stereocenters. The molecular formula is C23H20ClN7O3S. The van der Waals surface area contributed by atoms with Crippen LogP contribution in [0.1, 0.15) is 20.9 Å². The van der Waals surface area contributed by atoms with Gasteiger partial charge in [-0.3, -0.25) is 4.79 Å². The lowest BCUT2D eigenvalue weighted by Crippen LogP contribution is -2.40. The van der Waals surface area contributed by atoms with Gasteiger partial charge in [-0.25, -0.2) is 9.78 Å². The van der Waals surface area contributed by atoms with Crippen molar-refractivity contribution < 1.29 is 14.7 Å². The van der Waals surface area contributed by atoms with E-state index in [1.165, 1.54) is 40.6 Å². The molecule has 0 saturated heterocycles. The molecule has 0 bridgehead atoms. The first-order chi connectivity index (χ1) is 17.0. The zero-order chi connectivity index (χ0) is 24.6. The maximum absolute atomic E-state index is 12.8. The molecule has 35 heavy (non-hydrogen) atoms. The number of carboxylic acid groups (broad SMARTS) is 1. The molecule has 4 aromatic rings. The number of aromatic carboxylic acids is 1. The molecule has 10 nitrogen and oxygen atoms in total. The molecule has 0 saturated carbocycles. The third kappa shape index (κ3) is 6.71. The van der Waals surface area contributed by atoms with Gasteiger partial charge < -0.3 is 15.7 Å². The summed E-state index contributed by atoms with van der Waals surface area (Å²) >= 11 is 7.65. The largest absolute Gasteiger partial charge is 0.478 e. The average Bonchev–Trinajstić information content (AvgIpc) is 3.56. The van der Waals surface area contributed by atoms with Crippen molar-refractivity contribution in [3.8, 4) is 5.69 Å². The lowest BCUT2D eigenvalue weighted by atomic mass is 10.1. The zero-order valence-electron chi connectivity index (χ0n) is 18.2. The Morgan fingerprint density at radius 2 is 2.03 bits per heavy atom. The van der Waals surface area contributed by atoms with Gasteiger partial charge >= 0.3 is 5.97 Å². The summed E-state index contributed by atoms with van der Waals surface area (Å²) in [6.07, 6.45) is 6.78. The van der Waals surface area contributed by atoms with Gasteiger partial charge in [0.05, 0.1) is 22.3 Å². The van der Waals surface area contributed by atoms with Crippen LogP contribution in [0.2, 0.25) is 5.02 Å². The van der Waals surface area contributed by atoms with E-state index in [0.29, 0.717) is 29.2 Å². The van der Waals surface area contributed by atoms with Crippen molar-refractivity contribution in [2.45, 2.75) is 12.5 Å². The van der Waals surface area contributed by atoms with Gasteiger partial charge in [0.25, 0.3) is 0 Å². The van der Waals surface area contributed by atoms with Gasteiger partial charge in [0, 0.05) is 46.9 Å². The molecule has 0 spiro atoms. The number of carbonyl (C=O) groups excluding carboxylic acids is 1. The Balaban J connectivity index is 1.45. The van der Waals surface area contributed by atoms with Crippen molar-refractivity contribution in [2.75, 3.05) is 11.9 Å². The van der Waals surface area contributed by atoms with Gasteiger partial charge in [-0.1, -0.05) is 11.6 Å². The van der Waals surface area contributed by atoms with E-state index in [0.717, 1.165) is 10.7 Å². The Labute approximate surface area is 209 Å². The molecule has 2 heterocycles. The molecule has 1 unspecified atom stereocenters. The zero-order valence-corrected chi connectivity index (χ0v) is 19.8. The van der Waals surface area contributed by atoms with Gasteiger partial charge in [-0.2, -0.15) is 4.68 Å². The fourth-order valence-corrected chi connectivity index (χ4v) is 4.14. The molecule has 2 aromatic heterocycles. The Kier molecular flexibility index (Phi) is 7.81. The SMILES string of the molecule is O=C(/C=C/c1cc(Cl)ccc1-n1cnnn1)NC(CNc1ccc(C(=O)O)cc1)Cc1nccs1. The number of thiazole rings is 1. The van der Waals surface area contributed by atoms with Crippen molar-refractivity contribution in [2.24, 2.45) is 0 Å². The smallest absolute Gasteiger partial charge is 0.335 e. The molecule has 0 aliphatic carbocycles. The van der Waals surface area contributed by atoms with Gasteiger partial charge in [0.15, 0.2) is 0 Å². The number of amides is 1. The van der Waals surface area contributed by atoms with Crippen LogP contribution in [-0.4, -0.2) is 54.8 Å². The normalized spacial score (nSPS) is 11.9. The molecule has 178 valence electrons. The third-order valence-corrected chi connectivity index (χ3v) is 5.97. The van der Waals surface area contributed by atoms with Crippen molar-refractivity contribution in [3.63, 3.8) is 0 Å². The number of hydrogen-bond acceptors (Lipinski definition) is 8. The van der Waals surface area contributed by atoms with E-state index < -0.39 is 5.97 Å². The third-order valence-electron chi connectivity index (χ3n) is 4.93. The molecule has 12 heteroatoms. The van der Waals surface area contributed by atoms with Crippen LogP contribution in [0.5, 0.6) is 0 Å². The molecule has 1 amide bonds. The second kappa shape index (κ2) is 11.4. The standard InChI is InChI=1S/C23H20ClN7O3S/c24-17-4-7-20(31-14-27-29-30-31)16(11-17)3-8-21(32)28-19(12-22-25-9-10-35-22)13-26-18-5-1-15(2-6-18)23(33)34/h1-11,14,19,26H,12-13H2,(H,28,32)(H,33,34)/b8-3+. The topological polar surface area (TPSA) is 135 Å². The highest BCUT2D eigenvalue weighted by Crippen LogP contribution is 2.20. The van der Waals surface area contributed by atoms with E-state index >= 15 is 0 Å². The number of aromatic nitrogens is 5. The first-order valence-electron chi connectivity index (χ1n) is 10.4. The molecule has 3 N–H and O–H groups in total. The number of nitrogens with zero attached hydrogens (tertiary/aromatic N) is 5. The van der Waals surface area contributed by atoms with Gasteiger partial charge in [-0.05, 0) is 59.0 Å². The average molecular weight is 510 g/mol. The Morgan fingerprint density at radius 1 is 1.20 bits per heavy atom. The van der Waals surface area contributed by atoms with E-state index in [1.807, 2.05) is 5.38 Å². The fourth-order valence-electron chi connectivity index (χ4n) is 3.26. The lowest BCUT2D eigenvalue weighted by Gasteiger charge is -2.18. The minimum absolute atomic E-state index is 0.204. The number of anilines is 1. The quantitative estimate of drug-likeness (QED) is 0.277. The summed E-state index contributed by atoms with van der Waals surface area (Å²) in [7, 11) is 0. The minimum Gasteiger partial charge on any atom is -0.478 e. The van der Waals surface area contributed by atoms with Crippen molar-refractivity contribution >= 4 is 46.6 Å². The molecule has 0 radical (unpaired) electrons. The molecule has 2 aromatic carbocycles. The highest BCUT2D eigenvalue weighted by atomic mass is 35.5. The van der Waals surface area contributed by atoms with E-state index in [9.17, 15) is 9.59 Å². The Morgan fingerprint density at radius 3 is 2.71 bits per heavy atom. The second-order valence-corrected chi connectivity index (χ2v) is 8.81. The summed E-state index contributed by atoms with van der Waals surface area (Å²) in [6.45, 7) is 0.415. The van der Waals surface area contributed by atoms with Crippen LogP contribution in [0.4, 0.5) is 5.69 Å². The minimum atomic E-state index is -0.986. The predicted molar refractivity (Wildman–Crippen MR) is 133 cm³/mol. The number of carbonyl (C=O) groups is 2.